The second-order valence-corrected chi connectivity index (χ2v) is 15.5. The van der Waals surface area contributed by atoms with Crippen LogP contribution in [0.3, 0.4) is 0 Å². The van der Waals surface area contributed by atoms with Gasteiger partial charge in [0, 0.05) is 37.1 Å². The molecule has 0 N–H and O–H groups in total. The van der Waals surface area contributed by atoms with Gasteiger partial charge in [-0.25, -0.2) is 0 Å². The van der Waals surface area contributed by atoms with Gasteiger partial charge in [0.05, 0.1) is 5.69 Å². The van der Waals surface area contributed by atoms with Crippen molar-refractivity contribution < 1.29 is 0 Å². The number of benzene rings is 10. The molecule has 0 aliphatic heterocycles. The van der Waals surface area contributed by atoms with Crippen LogP contribution in [0.15, 0.2) is 212 Å². The van der Waals surface area contributed by atoms with Crippen molar-refractivity contribution in [3.8, 4) is 33.4 Å². The largest absolute Gasteiger partial charge is 0.310 e. The molecule has 0 saturated carbocycles. The van der Waals surface area contributed by atoms with Crippen molar-refractivity contribution in [1.29, 1.82) is 0 Å². The van der Waals surface area contributed by atoms with E-state index in [4.69, 9.17) is 0 Å². The first kappa shape index (κ1) is 32.4. The Bertz CT molecular complexity index is 3240. The Morgan fingerprint density at radius 3 is 1.70 bits per heavy atom. The summed E-state index contributed by atoms with van der Waals surface area (Å²) in [5.41, 5.74) is 10.8. The van der Waals surface area contributed by atoms with Gasteiger partial charge < -0.3 is 4.90 Å². The Hall–Kier alpha value is -7.00. The van der Waals surface area contributed by atoms with Gasteiger partial charge in [-0.15, -0.1) is 11.3 Å². The van der Waals surface area contributed by atoms with Crippen molar-refractivity contribution in [2.24, 2.45) is 0 Å². The van der Waals surface area contributed by atoms with Crippen LogP contribution >= 0.6 is 11.3 Å². The van der Waals surface area contributed by atoms with Crippen LogP contribution in [0, 0.1) is 0 Å². The van der Waals surface area contributed by atoms with E-state index in [2.05, 4.69) is 217 Å². The molecule has 11 rings (SSSR count). The zero-order valence-corrected chi connectivity index (χ0v) is 31.4. The van der Waals surface area contributed by atoms with Gasteiger partial charge in [0.2, 0.25) is 0 Å². The van der Waals surface area contributed by atoms with Gasteiger partial charge in [-0.3, -0.25) is 0 Å². The zero-order chi connectivity index (χ0) is 37.0. The second kappa shape index (κ2) is 13.4. The van der Waals surface area contributed by atoms with E-state index in [1.165, 1.54) is 91.6 Å². The SMILES string of the molecule is c1ccc(-c2ccccc2-c2ccc(N(c3ccc4c(ccc5ccccc54)c3)c3ccc(-c4cccc5ccccc45)c4sc5ccccc5c34)cc2)cc1. The highest BCUT2D eigenvalue weighted by Crippen LogP contribution is 2.49. The van der Waals surface area contributed by atoms with Gasteiger partial charge in [-0.1, -0.05) is 176 Å². The van der Waals surface area contributed by atoms with Crippen LogP contribution in [-0.4, -0.2) is 0 Å². The summed E-state index contributed by atoms with van der Waals surface area (Å²) in [6, 6.07) is 77.7. The fourth-order valence-corrected chi connectivity index (χ4v) is 9.88. The average molecular weight is 730 g/mol. The molecule has 0 fully saturated rings. The number of fused-ring (bicyclic) bond motifs is 7. The van der Waals surface area contributed by atoms with Gasteiger partial charge in [0.1, 0.15) is 0 Å². The Labute approximate surface area is 330 Å². The molecule has 0 atom stereocenters. The molecule has 0 aliphatic rings. The van der Waals surface area contributed by atoms with E-state index in [1.54, 1.807) is 0 Å². The van der Waals surface area contributed by atoms with E-state index in [-0.39, 0.29) is 0 Å². The second-order valence-electron chi connectivity index (χ2n) is 14.4. The third-order valence-corrected chi connectivity index (χ3v) is 12.5. The van der Waals surface area contributed by atoms with Crippen LogP contribution < -0.4 is 4.90 Å². The van der Waals surface area contributed by atoms with Crippen LogP contribution in [0.2, 0.25) is 0 Å². The topological polar surface area (TPSA) is 3.24 Å². The summed E-state index contributed by atoms with van der Waals surface area (Å²) in [5.74, 6) is 0. The van der Waals surface area contributed by atoms with E-state index in [0.717, 1.165) is 11.4 Å². The van der Waals surface area contributed by atoms with Crippen LogP contribution in [0.4, 0.5) is 17.1 Å². The Morgan fingerprint density at radius 1 is 0.321 bits per heavy atom. The molecule has 0 spiro atoms. The number of hydrogen-bond acceptors (Lipinski definition) is 2. The minimum atomic E-state index is 1.11. The zero-order valence-electron chi connectivity index (χ0n) is 30.6. The van der Waals surface area contributed by atoms with Crippen molar-refractivity contribution in [1.82, 2.24) is 0 Å². The van der Waals surface area contributed by atoms with Crippen LogP contribution in [-0.2, 0) is 0 Å². The van der Waals surface area contributed by atoms with Gasteiger partial charge >= 0.3 is 0 Å². The van der Waals surface area contributed by atoms with Crippen LogP contribution in [0.25, 0.3) is 85.9 Å². The first-order valence-electron chi connectivity index (χ1n) is 19.2. The summed E-state index contributed by atoms with van der Waals surface area (Å²) < 4.78 is 2.58. The van der Waals surface area contributed by atoms with E-state index >= 15 is 0 Å². The van der Waals surface area contributed by atoms with Crippen molar-refractivity contribution >= 4 is 80.9 Å². The molecule has 1 nitrogen and oxygen atoms in total. The summed E-state index contributed by atoms with van der Waals surface area (Å²) in [7, 11) is 0. The third-order valence-electron chi connectivity index (χ3n) is 11.3. The molecule has 0 bridgehead atoms. The number of thiophene rings is 1. The van der Waals surface area contributed by atoms with E-state index in [0.29, 0.717) is 0 Å². The molecule has 0 saturated heterocycles. The maximum Gasteiger partial charge on any atom is 0.0555 e. The van der Waals surface area contributed by atoms with E-state index in [9.17, 15) is 0 Å². The van der Waals surface area contributed by atoms with E-state index < -0.39 is 0 Å². The number of hydrogen-bond donors (Lipinski definition) is 0. The third kappa shape index (κ3) is 5.38. The fourth-order valence-electron chi connectivity index (χ4n) is 8.63. The standard InChI is InChI=1S/C54H35NS/c1-2-13-36(14-3-1)43-19-8-9-20-45(43)39-27-29-41(30-28-39)55(42-31-32-47-40(35-42)26-25-38-16-5-6-18-44(38)47)51-34-33-49(48-23-12-17-37-15-4-7-21-46(37)48)54-53(51)50-22-10-11-24-52(50)56-54/h1-35H. The summed E-state index contributed by atoms with van der Waals surface area (Å²) in [6.45, 7) is 0. The van der Waals surface area contributed by atoms with Gasteiger partial charge in [0.15, 0.2) is 0 Å². The number of rotatable bonds is 6. The van der Waals surface area contributed by atoms with Gasteiger partial charge in [0.25, 0.3) is 0 Å². The maximum absolute atomic E-state index is 2.47. The van der Waals surface area contributed by atoms with Crippen LogP contribution in [0.5, 0.6) is 0 Å². The smallest absolute Gasteiger partial charge is 0.0555 e. The normalized spacial score (nSPS) is 11.6. The molecule has 11 aromatic rings. The predicted octanol–water partition coefficient (Wildman–Crippen LogP) is 16.0. The fraction of sp³-hybridized carbons (Fsp3) is 0. The Morgan fingerprint density at radius 2 is 0.893 bits per heavy atom. The summed E-state index contributed by atoms with van der Waals surface area (Å²) in [5, 5.41) is 10.1. The predicted molar refractivity (Wildman–Crippen MR) is 243 cm³/mol. The van der Waals surface area contributed by atoms with Gasteiger partial charge in [-0.05, 0) is 96.5 Å². The molecule has 0 unspecified atom stereocenters. The molecule has 0 aliphatic carbocycles. The first-order valence-corrected chi connectivity index (χ1v) is 20.0. The van der Waals surface area contributed by atoms with Crippen molar-refractivity contribution in [2.75, 3.05) is 4.90 Å². The van der Waals surface area contributed by atoms with Gasteiger partial charge in [-0.2, -0.15) is 0 Å². The van der Waals surface area contributed by atoms with Crippen molar-refractivity contribution in [3.05, 3.63) is 212 Å². The molecular formula is C54H35NS. The first-order chi connectivity index (χ1) is 27.8. The minimum absolute atomic E-state index is 1.11. The van der Waals surface area contributed by atoms with Crippen molar-refractivity contribution in [3.63, 3.8) is 0 Å². The monoisotopic (exact) mass is 729 g/mol. The molecule has 0 amide bonds. The quantitative estimate of drug-likeness (QED) is 0.154. The van der Waals surface area contributed by atoms with Crippen LogP contribution in [0.1, 0.15) is 0 Å². The minimum Gasteiger partial charge on any atom is -0.310 e. The number of anilines is 3. The molecule has 10 aromatic carbocycles. The molecule has 1 heterocycles. The Balaban J connectivity index is 1.15. The summed E-state index contributed by atoms with van der Waals surface area (Å²) in [6.07, 6.45) is 0. The highest BCUT2D eigenvalue weighted by molar-refractivity contribution is 7.26. The summed E-state index contributed by atoms with van der Waals surface area (Å²) in [4.78, 5) is 2.47. The lowest BCUT2D eigenvalue weighted by Gasteiger charge is -2.28. The molecule has 1 aromatic heterocycles. The highest BCUT2D eigenvalue weighted by Gasteiger charge is 2.22. The lowest BCUT2D eigenvalue weighted by molar-refractivity contribution is 1.31. The van der Waals surface area contributed by atoms with Crippen molar-refractivity contribution in [2.45, 2.75) is 0 Å². The Kier molecular flexibility index (Phi) is 7.75. The molecule has 2 heteroatoms. The maximum atomic E-state index is 2.47. The highest BCUT2D eigenvalue weighted by atomic mass is 32.1. The molecular weight excluding hydrogens is 695 g/mol. The molecule has 262 valence electrons. The molecule has 0 radical (unpaired) electrons. The number of nitrogens with zero attached hydrogens (tertiary/aromatic N) is 1. The lowest BCUT2D eigenvalue weighted by atomic mass is 9.94. The van der Waals surface area contributed by atoms with E-state index in [1.807, 2.05) is 11.3 Å². The summed E-state index contributed by atoms with van der Waals surface area (Å²) >= 11 is 1.89. The lowest BCUT2D eigenvalue weighted by Crippen LogP contribution is -2.10. The average Bonchev–Trinajstić information content (AvgIpc) is 3.67. The molecule has 56 heavy (non-hydrogen) atoms.